The number of aromatic hydroxyl groups is 1. The van der Waals surface area contributed by atoms with Crippen LogP contribution in [0, 0.1) is 13.8 Å². The third kappa shape index (κ3) is 2.92. The minimum atomic E-state index is -0.650. The highest BCUT2D eigenvalue weighted by Crippen LogP contribution is 2.33. The van der Waals surface area contributed by atoms with E-state index in [2.05, 4.69) is 16.0 Å². The van der Waals surface area contributed by atoms with E-state index in [9.17, 15) is 14.7 Å². The van der Waals surface area contributed by atoms with Crippen LogP contribution in [0.5, 0.6) is 5.88 Å². The van der Waals surface area contributed by atoms with E-state index in [1.165, 1.54) is 4.57 Å². The number of para-hydroxylation sites is 1. The van der Waals surface area contributed by atoms with Gasteiger partial charge in [-0.25, -0.2) is 9.36 Å². The van der Waals surface area contributed by atoms with Crippen molar-refractivity contribution in [2.24, 2.45) is 0 Å². The Labute approximate surface area is 178 Å². The lowest BCUT2D eigenvalue weighted by molar-refractivity contribution is -0.908. The number of aromatic amines is 2. The first-order valence-corrected chi connectivity index (χ1v) is 10.4. The minimum absolute atomic E-state index is 0.199. The molecule has 5 rings (SSSR count). The topological polar surface area (TPSA) is 95.3 Å². The molecule has 1 unspecified atom stereocenters. The summed E-state index contributed by atoms with van der Waals surface area (Å²) in [5.74, 6) is -0.309. The second kappa shape index (κ2) is 6.99. The number of nitrogens with one attached hydrogen (secondary N) is 3. The standard InChI is InChI=1S/C24H24N4O3/c1-13-8-9-18(14(2)12-13)28-23(30)19(22(29)26-24(28)31)21-20-16(10-11-27(21)3)15-6-4-5-7-17(15)25-20/h4-9,12,21,25,30H,10-11H2,1-3H3,(H,26,29,31)/p+1/t21-/m1/s1. The van der Waals surface area contributed by atoms with Gasteiger partial charge in [0.25, 0.3) is 5.56 Å². The molecule has 2 aromatic heterocycles. The number of hydrogen-bond donors (Lipinski definition) is 4. The van der Waals surface area contributed by atoms with Gasteiger partial charge in [-0.05, 0) is 37.1 Å². The molecule has 4 N–H and O–H groups in total. The summed E-state index contributed by atoms with van der Waals surface area (Å²) in [6.07, 6.45) is 0.872. The second-order valence-corrected chi connectivity index (χ2v) is 8.46. The molecule has 0 spiro atoms. The van der Waals surface area contributed by atoms with E-state index in [1.807, 2.05) is 51.2 Å². The van der Waals surface area contributed by atoms with Crippen LogP contribution >= 0.6 is 0 Å². The van der Waals surface area contributed by atoms with E-state index in [0.717, 1.165) is 51.2 Å². The first-order valence-electron chi connectivity index (χ1n) is 10.4. The average Bonchev–Trinajstić information content (AvgIpc) is 3.09. The van der Waals surface area contributed by atoms with Crippen molar-refractivity contribution in [1.82, 2.24) is 14.5 Å². The molecule has 3 heterocycles. The predicted octanol–water partition coefficient (Wildman–Crippen LogP) is 1.49. The Morgan fingerprint density at radius 2 is 1.87 bits per heavy atom. The van der Waals surface area contributed by atoms with Gasteiger partial charge in [0.15, 0.2) is 6.04 Å². The maximum atomic E-state index is 13.0. The number of likely N-dealkylation sites (N-methyl/N-ethyl adjacent to an activating group) is 1. The molecule has 158 valence electrons. The van der Waals surface area contributed by atoms with E-state index < -0.39 is 17.3 Å². The van der Waals surface area contributed by atoms with E-state index in [-0.39, 0.29) is 11.4 Å². The van der Waals surface area contributed by atoms with Crippen molar-refractivity contribution >= 4 is 10.9 Å². The van der Waals surface area contributed by atoms with Crippen LogP contribution < -0.4 is 16.1 Å². The number of nitrogens with zero attached hydrogens (tertiary/aromatic N) is 1. The lowest BCUT2D eigenvalue weighted by atomic mass is 9.93. The molecule has 7 heteroatoms. The van der Waals surface area contributed by atoms with E-state index >= 15 is 0 Å². The smallest absolute Gasteiger partial charge is 0.335 e. The molecular weight excluding hydrogens is 392 g/mol. The molecule has 1 aliphatic heterocycles. The summed E-state index contributed by atoms with van der Waals surface area (Å²) in [6.45, 7) is 4.66. The van der Waals surface area contributed by atoms with Crippen molar-refractivity contribution in [2.45, 2.75) is 26.3 Å². The van der Waals surface area contributed by atoms with Crippen molar-refractivity contribution < 1.29 is 10.0 Å². The zero-order valence-corrected chi connectivity index (χ0v) is 17.7. The first kappa shape index (κ1) is 19.4. The Bertz CT molecular complexity index is 1440. The Balaban J connectivity index is 1.79. The summed E-state index contributed by atoms with van der Waals surface area (Å²) in [6, 6.07) is 13.3. The maximum Gasteiger partial charge on any atom is 0.335 e. The summed E-state index contributed by atoms with van der Waals surface area (Å²) < 4.78 is 1.20. The monoisotopic (exact) mass is 417 g/mol. The molecule has 0 saturated carbocycles. The third-order valence-electron chi connectivity index (χ3n) is 6.40. The Hall–Kier alpha value is -3.58. The number of quaternary nitrogens is 1. The Morgan fingerprint density at radius 3 is 2.65 bits per heavy atom. The quantitative estimate of drug-likeness (QED) is 0.398. The summed E-state index contributed by atoms with van der Waals surface area (Å²) in [5, 5.41) is 12.4. The normalized spacial score (nSPS) is 18.3. The zero-order valence-electron chi connectivity index (χ0n) is 17.7. The molecule has 2 aromatic carbocycles. The van der Waals surface area contributed by atoms with Gasteiger partial charge in [0.2, 0.25) is 5.88 Å². The number of aromatic nitrogens is 3. The third-order valence-corrected chi connectivity index (χ3v) is 6.40. The second-order valence-electron chi connectivity index (χ2n) is 8.46. The lowest BCUT2D eigenvalue weighted by Gasteiger charge is -2.30. The van der Waals surface area contributed by atoms with Crippen LogP contribution in [0.4, 0.5) is 0 Å². The van der Waals surface area contributed by atoms with Gasteiger partial charge in [-0.1, -0.05) is 35.9 Å². The highest BCUT2D eigenvalue weighted by molar-refractivity contribution is 5.85. The number of benzene rings is 2. The van der Waals surface area contributed by atoms with Crippen molar-refractivity contribution in [3.8, 4) is 11.6 Å². The maximum absolute atomic E-state index is 13.0. The first-order chi connectivity index (χ1) is 14.9. The highest BCUT2D eigenvalue weighted by Gasteiger charge is 2.38. The van der Waals surface area contributed by atoms with Crippen molar-refractivity contribution in [1.29, 1.82) is 0 Å². The van der Waals surface area contributed by atoms with E-state index in [4.69, 9.17) is 0 Å². The fourth-order valence-electron chi connectivity index (χ4n) is 4.92. The van der Waals surface area contributed by atoms with Crippen LogP contribution in [0.15, 0.2) is 52.1 Å². The van der Waals surface area contributed by atoms with Crippen molar-refractivity contribution in [3.63, 3.8) is 0 Å². The number of hydrogen-bond acceptors (Lipinski definition) is 3. The summed E-state index contributed by atoms with van der Waals surface area (Å²) in [4.78, 5) is 32.7. The van der Waals surface area contributed by atoms with Gasteiger partial charge >= 0.3 is 5.69 Å². The minimum Gasteiger partial charge on any atom is -0.494 e. The number of fused-ring (bicyclic) bond motifs is 3. The van der Waals surface area contributed by atoms with Gasteiger partial charge in [0.1, 0.15) is 5.56 Å². The molecule has 0 saturated heterocycles. The molecule has 1 aliphatic rings. The van der Waals surface area contributed by atoms with Crippen molar-refractivity contribution in [2.75, 3.05) is 13.6 Å². The van der Waals surface area contributed by atoms with Crippen LogP contribution in [-0.4, -0.2) is 33.2 Å². The SMILES string of the molecule is Cc1ccc(-n2c(O)c([C@@H]3c4[nH]c5ccccc5c4CC[NH+]3C)c(=O)[nH]c2=O)c(C)c1. The summed E-state index contributed by atoms with van der Waals surface area (Å²) in [5.41, 5.74) is 4.52. The molecule has 0 radical (unpaired) electrons. The van der Waals surface area contributed by atoms with Crippen LogP contribution in [0.25, 0.3) is 16.6 Å². The summed E-state index contributed by atoms with van der Waals surface area (Å²) in [7, 11) is 2.00. The molecule has 0 fully saturated rings. The van der Waals surface area contributed by atoms with Crippen LogP contribution in [-0.2, 0) is 6.42 Å². The fraction of sp³-hybridized carbons (Fsp3) is 0.250. The molecule has 2 atom stereocenters. The van der Waals surface area contributed by atoms with Gasteiger partial charge < -0.3 is 15.0 Å². The number of rotatable bonds is 2. The van der Waals surface area contributed by atoms with Gasteiger partial charge in [-0.2, -0.15) is 0 Å². The van der Waals surface area contributed by atoms with Crippen LogP contribution in [0.1, 0.15) is 34.0 Å². The predicted molar refractivity (Wildman–Crippen MR) is 119 cm³/mol. The molecule has 0 bridgehead atoms. The Morgan fingerprint density at radius 1 is 1.10 bits per heavy atom. The van der Waals surface area contributed by atoms with Gasteiger partial charge in [-0.15, -0.1) is 0 Å². The van der Waals surface area contributed by atoms with Gasteiger partial charge in [-0.3, -0.25) is 9.78 Å². The molecule has 4 aromatic rings. The Kier molecular flexibility index (Phi) is 4.37. The number of aryl methyl sites for hydroxylation is 2. The highest BCUT2D eigenvalue weighted by atomic mass is 16.3. The lowest BCUT2D eigenvalue weighted by Crippen LogP contribution is -3.10. The zero-order chi connectivity index (χ0) is 21.9. The van der Waals surface area contributed by atoms with Crippen molar-refractivity contribution in [3.05, 3.63) is 91.3 Å². The average molecular weight is 417 g/mol. The van der Waals surface area contributed by atoms with E-state index in [1.54, 1.807) is 6.07 Å². The largest absolute Gasteiger partial charge is 0.494 e. The van der Waals surface area contributed by atoms with E-state index in [0.29, 0.717) is 5.69 Å². The fourth-order valence-corrected chi connectivity index (χ4v) is 4.92. The molecule has 0 amide bonds. The molecule has 7 nitrogen and oxygen atoms in total. The van der Waals surface area contributed by atoms with Gasteiger partial charge in [0, 0.05) is 17.3 Å². The molecule has 31 heavy (non-hydrogen) atoms. The van der Waals surface area contributed by atoms with Crippen LogP contribution in [0.3, 0.4) is 0 Å². The number of H-pyrrole nitrogens is 2. The molecule has 0 aliphatic carbocycles. The summed E-state index contributed by atoms with van der Waals surface area (Å²) >= 11 is 0. The van der Waals surface area contributed by atoms with Crippen LogP contribution in [0.2, 0.25) is 0 Å². The molecular formula is C24H25N4O3+. The van der Waals surface area contributed by atoms with Gasteiger partial charge in [0.05, 0.1) is 25.0 Å².